The molecule has 0 unspecified atom stereocenters. The van der Waals surface area contributed by atoms with Crippen molar-refractivity contribution in [1.82, 2.24) is 19.4 Å². The summed E-state index contributed by atoms with van der Waals surface area (Å²) >= 11 is 1.68. The van der Waals surface area contributed by atoms with Gasteiger partial charge in [-0.25, -0.2) is 15.0 Å². The van der Waals surface area contributed by atoms with Gasteiger partial charge in [-0.1, -0.05) is 6.07 Å². The summed E-state index contributed by atoms with van der Waals surface area (Å²) in [6.07, 6.45) is 5.62. The smallest absolute Gasteiger partial charge is 0.180 e. The molecule has 4 aromatic rings. The molecular weight excluding hydrogens is 344 g/mol. The average Bonchev–Trinajstić information content (AvgIpc) is 3.18. The molecule has 6 nitrogen and oxygen atoms in total. The lowest BCUT2D eigenvalue weighted by Crippen LogP contribution is -2.08. The van der Waals surface area contributed by atoms with Crippen LogP contribution >= 0.6 is 11.3 Å². The molecule has 0 bridgehead atoms. The normalized spacial score (nSPS) is 11.1. The van der Waals surface area contributed by atoms with E-state index in [-0.39, 0.29) is 0 Å². The maximum Gasteiger partial charge on any atom is 0.180 e. The van der Waals surface area contributed by atoms with E-state index in [1.807, 2.05) is 52.5 Å². The molecule has 0 amide bonds. The van der Waals surface area contributed by atoms with E-state index in [1.165, 1.54) is 0 Å². The van der Waals surface area contributed by atoms with Gasteiger partial charge in [0, 0.05) is 37.9 Å². The van der Waals surface area contributed by atoms with Crippen molar-refractivity contribution in [2.24, 2.45) is 0 Å². The monoisotopic (exact) mass is 364 g/mol. The van der Waals surface area contributed by atoms with Crippen LogP contribution in [-0.4, -0.2) is 33.4 Å². The first-order valence-corrected chi connectivity index (χ1v) is 9.15. The van der Waals surface area contributed by atoms with E-state index in [0.717, 1.165) is 44.1 Å². The molecule has 0 aliphatic rings. The van der Waals surface area contributed by atoms with Gasteiger partial charge < -0.3 is 10.2 Å². The fourth-order valence-corrected chi connectivity index (χ4v) is 3.87. The minimum absolute atomic E-state index is 0.730. The topological polar surface area (TPSA) is 58.4 Å². The first-order valence-electron chi connectivity index (χ1n) is 8.34. The van der Waals surface area contributed by atoms with Gasteiger partial charge in [-0.05, 0) is 32.0 Å². The van der Waals surface area contributed by atoms with Gasteiger partial charge >= 0.3 is 0 Å². The van der Waals surface area contributed by atoms with Crippen molar-refractivity contribution < 1.29 is 0 Å². The Bertz CT molecular complexity index is 1080. The second-order valence-corrected chi connectivity index (χ2v) is 7.53. The summed E-state index contributed by atoms with van der Waals surface area (Å²) in [5, 5.41) is 4.45. The van der Waals surface area contributed by atoms with Gasteiger partial charge in [0.25, 0.3) is 0 Å². The number of hydrogen-bond acceptors (Lipinski definition) is 6. The van der Waals surface area contributed by atoms with E-state index in [4.69, 9.17) is 0 Å². The summed E-state index contributed by atoms with van der Waals surface area (Å²) in [5.74, 6) is 0.730. The number of thiazole rings is 1. The summed E-state index contributed by atoms with van der Waals surface area (Å²) < 4.78 is 2.06. The van der Waals surface area contributed by atoms with Crippen LogP contribution in [0.3, 0.4) is 0 Å². The number of nitrogens with zero attached hydrogens (tertiary/aromatic N) is 5. The minimum Gasteiger partial charge on any atom is -0.378 e. The first kappa shape index (κ1) is 16.5. The number of hydrogen-bond donors (Lipinski definition) is 1. The van der Waals surface area contributed by atoms with Crippen molar-refractivity contribution in [3.05, 3.63) is 53.6 Å². The Kier molecular flexibility index (Phi) is 4.08. The summed E-state index contributed by atoms with van der Waals surface area (Å²) in [6, 6.07) is 8.21. The number of rotatable bonds is 4. The fraction of sp³-hybridized carbons (Fsp3) is 0.211. The number of aryl methyl sites for hydroxylation is 2. The summed E-state index contributed by atoms with van der Waals surface area (Å²) in [6.45, 7) is 4.06. The molecule has 0 spiro atoms. The number of nitrogens with one attached hydrogen (secondary N) is 1. The van der Waals surface area contributed by atoms with E-state index in [1.54, 1.807) is 17.5 Å². The Morgan fingerprint density at radius 2 is 2.00 bits per heavy atom. The predicted molar refractivity (Wildman–Crippen MR) is 108 cm³/mol. The highest BCUT2D eigenvalue weighted by Crippen LogP contribution is 2.31. The largest absolute Gasteiger partial charge is 0.378 e. The highest BCUT2D eigenvalue weighted by atomic mass is 32.1. The Labute approximate surface area is 156 Å². The molecule has 0 aliphatic heterocycles. The maximum absolute atomic E-state index is 4.61. The second-order valence-electron chi connectivity index (χ2n) is 6.33. The SMILES string of the molecule is Cc1nc(C)c(-c2cnc3c(Nc4cccc(N(C)C)c4)nccn23)s1. The van der Waals surface area contributed by atoms with Crippen LogP contribution in [0.1, 0.15) is 10.7 Å². The summed E-state index contributed by atoms with van der Waals surface area (Å²) in [5.41, 5.74) is 4.96. The Balaban J connectivity index is 1.76. The van der Waals surface area contributed by atoms with Crippen LogP contribution in [-0.2, 0) is 0 Å². The van der Waals surface area contributed by atoms with Crippen LogP contribution in [0.25, 0.3) is 16.2 Å². The Morgan fingerprint density at radius 3 is 2.73 bits per heavy atom. The lowest BCUT2D eigenvalue weighted by molar-refractivity contribution is 1.12. The zero-order valence-corrected chi connectivity index (χ0v) is 16.0. The number of anilines is 3. The number of benzene rings is 1. The van der Waals surface area contributed by atoms with Crippen molar-refractivity contribution in [2.45, 2.75) is 13.8 Å². The van der Waals surface area contributed by atoms with Gasteiger partial charge in [0.15, 0.2) is 11.5 Å². The molecule has 0 radical (unpaired) electrons. The van der Waals surface area contributed by atoms with Crippen LogP contribution in [0.2, 0.25) is 0 Å². The molecule has 132 valence electrons. The zero-order chi connectivity index (χ0) is 18.3. The number of aromatic nitrogens is 4. The standard InChI is InChI=1S/C19H20N6S/c1-12-17(26-13(2)22-12)16-11-21-19-18(20-8-9-25(16)19)23-14-6-5-7-15(10-14)24(3)4/h5-11H,1-4H3,(H,20,23). The molecule has 1 N–H and O–H groups in total. The molecule has 0 fully saturated rings. The lowest BCUT2D eigenvalue weighted by atomic mass is 10.2. The molecule has 0 saturated carbocycles. The van der Waals surface area contributed by atoms with Crippen LogP contribution in [0.5, 0.6) is 0 Å². The maximum atomic E-state index is 4.61. The third-order valence-electron chi connectivity index (χ3n) is 4.19. The molecule has 0 atom stereocenters. The van der Waals surface area contributed by atoms with Crippen molar-refractivity contribution >= 4 is 34.2 Å². The molecule has 0 saturated heterocycles. The van der Waals surface area contributed by atoms with Crippen molar-refractivity contribution in [1.29, 1.82) is 0 Å². The molecule has 7 heteroatoms. The lowest BCUT2D eigenvalue weighted by Gasteiger charge is -2.14. The van der Waals surface area contributed by atoms with E-state index in [2.05, 4.69) is 41.7 Å². The highest BCUT2D eigenvalue weighted by Gasteiger charge is 2.15. The quantitative estimate of drug-likeness (QED) is 0.586. The van der Waals surface area contributed by atoms with Gasteiger partial charge in [0.2, 0.25) is 0 Å². The zero-order valence-electron chi connectivity index (χ0n) is 15.2. The van der Waals surface area contributed by atoms with Crippen molar-refractivity contribution in [3.8, 4) is 10.6 Å². The van der Waals surface area contributed by atoms with Crippen molar-refractivity contribution in [3.63, 3.8) is 0 Å². The molecule has 26 heavy (non-hydrogen) atoms. The molecule has 3 heterocycles. The van der Waals surface area contributed by atoms with Crippen LogP contribution in [0, 0.1) is 13.8 Å². The number of fused-ring (bicyclic) bond motifs is 1. The van der Waals surface area contributed by atoms with Gasteiger partial charge in [0.05, 0.1) is 27.5 Å². The van der Waals surface area contributed by atoms with E-state index < -0.39 is 0 Å². The van der Waals surface area contributed by atoms with Gasteiger partial charge in [-0.3, -0.25) is 4.40 Å². The summed E-state index contributed by atoms with van der Waals surface area (Å²) in [7, 11) is 4.05. The predicted octanol–water partition coefficient (Wildman–Crippen LogP) is 4.28. The van der Waals surface area contributed by atoms with Gasteiger partial charge in [-0.15, -0.1) is 11.3 Å². The fourth-order valence-electron chi connectivity index (χ4n) is 2.94. The summed E-state index contributed by atoms with van der Waals surface area (Å²) in [4.78, 5) is 16.8. The Hall–Kier alpha value is -2.93. The van der Waals surface area contributed by atoms with Gasteiger partial charge in [-0.2, -0.15) is 0 Å². The second kappa shape index (κ2) is 6.42. The highest BCUT2D eigenvalue weighted by molar-refractivity contribution is 7.15. The van der Waals surface area contributed by atoms with Crippen molar-refractivity contribution in [2.75, 3.05) is 24.3 Å². The minimum atomic E-state index is 0.730. The average molecular weight is 364 g/mol. The van der Waals surface area contributed by atoms with E-state index >= 15 is 0 Å². The van der Waals surface area contributed by atoms with Crippen LogP contribution in [0.15, 0.2) is 42.9 Å². The molecular formula is C19H20N6S. The molecule has 4 rings (SSSR count). The van der Waals surface area contributed by atoms with E-state index in [0.29, 0.717) is 0 Å². The third kappa shape index (κ3) is 2.90. The van der Waals surface area contributed by atoms with E-state index in [9.17, 15) is 0 Å². The first-order chi connectivity index (χ1) is 12.5. The molecule has 1 aromatic carbocycles. The third-order valence-corrected chi connectivity index (χ3v) is 5.28. The molecule has 0 aliphatic carbocycles. The molecule has 3 aromatic heterocycles. The number of imidazole rings is 1. The van der Waals surface area contributed by atoms with Crippen LogP contribution in [0.4, 0.5) is 17.2 Å². The Morgan fingerprint density at radius 1 is 1.15 bits per heavy atom. The van der Waals surface area contributed by atoms with Gasteiger partial charge in [0.1, 0.15) is 0 Å². The van der Waals surface area contributed by atoms with Crippen LogP contribution < -0.4 is 10.2 Å².